The number of urea groups is 1. The van der Waals surface area contributed by atoms with Gasteiger partial charge in [-0.15, -0.1) is 0 Å². The Kier molecular flexibility index (Phi) is 5.74. The van der Waals surface area contributed by atoms with Crippen LogP contribution >= 0.6 is 0 Å². The third-order valence-corrected chi connectivity index (χ3v) is 5.52. The Morgan fingerprint density at radius 1 is 1.12 bits per heavy atom. The summed E-state index contributed by atoms with van der Waals surface area (Å²) in [5.41, 5.74) is 1.31. The van der Waals surface area contributed by atoms with E-state index < -0.39 is 0 Å². The fourth-order valence-electron chi connectivity index (χ4n) is 3.75. The van der Waals surface area contributed by atoms with Crippen molar-refractivity contribution >= 4 is 6.03 Å². The van der Waals surface area contributed by atoms with Gasteiger partial charge in [0.15, 0.2) is 0 Å². The molecule has 5 nitrogen and oxygen atoms in total. The van der Waals surface area contributed by atoms with E-state index >= 15 is 0 Å². The molecule has 2 aliphatic rings. The SMILES string of the molecule is CCN1CCN(C(=O)NCC2(c3ccccc3)CCOCC2)CC1. The quantitative estimate of drug-likeness (QED) is 0.919. The van der Waals surface area contributed by atoms with Gasteiger partial charge in [-0.05, 0) is 24.9 Å². The van der Waals surface area contributed by atoms with E-state index in [2.05, 4.69) is 41.4 Å². The highest BCUT2D eigenvalue weighted by atomic mass is 16.5. The predicted octanol–water partition coefficient (Wildman–Crippen LogP) is 2.08. The summed E-state index contributed by atoms with van der Waals surface area (Å²) >= 11 is 0. The molecule has 2 saturated heterocycles. The number of hydrogen-bond acceptors (Lipinski definition) is 3. The van der Waals surface area contributed by atoms with Gasteiger partial charge in [-0.3, -0.25) is 0 Å². The minimum atomic E-state index is 0.000407. The fourth-order valence-corrected chi connectivity index (χ4v) is 3.75. The molecule has 0 bridgehead atoms. The maximum atomic E-state index is 12.6. The number of carbonyl (C=O) groups excluding carboxylic acids is 1. The third-order valence-electron chi connectivity index (χ3n) is 5.52. The lowest BCUT2D eigenvalue weighted by atomic mass is 9.74. The summed E-state index contributed by atoms with van der Waals surface area (Å²) in [6, 6.07) is 10.6. The molecular weight excluding hydrogens is 302 g/mol. The van der Waals surface area contributed by atoms with Crippen LogP contribution < -0.4 is 5.32 Å². The molecule has 0 aliphatic carbocycles. The highest BCUT2D eigenvalue weighted by Crippen LogP contribution is 2.34. The number of nitrogens with one attached hydrogen (secondary N) is 1. The molecule has 2 amide bonds. The van der Waals surface area contributed by atoms with Gasteiger partial charge in [0.25, 0.3) is 0 Å². The Balaban J connectivity index is 1.61. The van der Waals surface area contributed by atoms with Crippen molar-refractivity contribution in [2.75, 3.05) is 52.5 Å². The molecule has 2 heterocycles. The zero-order chi connectivity index (χ0) is 16.8. The smallest absolute Gasteiger partial charge is 0.317 e. The van der Waals surface area contributed by atoms with Crippen LogP contribution in [-0.4, -0.2) is 68.3 Å². The van der Waals surface area contributed by atoms with Crippen LogP contribution in [0, 0.1) is 0 Å². The summed E-state index contributed by atoms with van der Waals surface area (Å²) in [6.07, 6.45) is 1.92. The summed E-state index contributed by atoms with van der Waals surface area (Å²) < 4.78 is 5.56. The van der Waals surface area contributed by atoms with Crippen molar-refractivity contribution in [2.24, 2.45) is 0 Å². The predicted molar refractivity (Wildman–Crippen MR) is 95.3 cm³/mol. The second kappa shape index (κ2) is 7.99. The van der Waals surface area contributed by atoms with E-state index in [0.717, 1.165) is 58.8 Å². The zero-order valence-corrected chi connectivity index (χ0v) is 14.7. The van der Waals surface area contributed by atoms with Gasteiger partial charge >= 0.3 is 6.03 Å². The maximum Gasteiger partial charge on any atom is 0.317 e. The lowest BCUT2D eigenvalue weighted by molar-refractivity contribution is 0.0497. The van der Waals surface area contributed by atoms with Gasteiger partial charge in [-0.25, -0.2) is 4.79 Å². The average Bonchev–Trinajstić information content (AvgIpc) is 2.67. The number of carbonyl (C=O) groups is 1. The first kappa shape index (κ1) is 17.2. The molecular formula is C19H29N3O2. The van der Waals surface area contributed by atoms with Crippen molar-refractivity contribution in [3.05, 3.63) is 35.9 Å². The van der Waals surface area contributed by atoms with Crippen LogP contribution in [0.3, 0.4) is 0 Å². The fraction of sp³-hybridized carbons (Fsp3) is 0.632. The Morgan fingerprint density at radius 2 is 1.79 bits per heavy atom. The van der Waals surface area contributed by atoms with Gasteiger partial charge in [0.2, 0.25) is 0 Å². The lowest BCUT2D eigenvalue weighted by Gasteiger charge is -2.39. The molecule has 0 radical (unpaired) electrons. The van der Waals surface area contributed by atoms with Gasteiger partial charge in [0, 0.05) is 51.4 Å². The van der Waals surface area contributed by atoms with Gasteiger partial charge in [0.05, 0.1) is 0 Å². The third kappa shape index (κ3) is 3.90. The zero-order valence-electron chi connectivity index (χ0n) is 14.7. The van der Waals surface area contributed by atoms with E-state index in [1.165, 1.54) is 5.56 Å². The summed E-state index contributed by atoms with van der Waals surface area (Å²) in [4.78, 5) is 16.9. The van der Waals surface area contributed by atoms with Crippen LogP contribution in [0.25, 0.3) is 0 Å². The van der Waals surface area contributed by atoms with E-state index in [1.54, 1.807) is 0 Å². The molecule has 2 aliphatic heterocycles. The number of amides is 2. The number of piperazine rings is 1. The second-order valence-corrected chi connectivity index (χ2v) is 6.84. The molecule has 5 heteroatoms. The number of ether oxygens (including phenoxy) is 1. The number of rotatable bonds is 4. The van der Waals surface area contributed by atoms with Gasteiger partial charge in [-0.1, -0.05) is 37.3 Å². The van der Waals surface area contributed by atoms with Crippen LogP contribution in [0.5, 0.6) is 0 Å². The first-order valence-electron chi connectivity index (χ1n) is 9.12. The van der Waals surface area contributed by atoms with Gasteiger partial charge in [0.1, 0.15) is 0 Å². The monoisotopic (exact) mass is 331 g/mol. The molecule has 0 unspecified atom stereocenters. The van der Waals surface area contributed by atoms with Gasteiger partial charge in [-0.2, -0.15) is 0 Å². The molecule has 0 spiro atoms. The van der Waals surface area contributed by atoms with Crippen molar-refractivity contribution in [3.63, 3.8) is 0 Å². The van der Waals surface area contributed by atoms with E-state index in [4.69, 9.17) is 4.74 Å². The van der Waals surface area contributed by atoms with Crippen molar-refractivity contribution in [3.8, 4) is 0 Å². The maximum absolute atomic E-state index is 12.6. The summed E-state index contributed by atoms with van der Waals surface area (Å²) in [5, 5.41) is 3.21. The van der Waals surface area contributed by atoms with E-state index in [1.807, 2.05) is 11.0 Å². The van der Waals surface area contributed by atoms with E-state index in [9.17, 15) is 4.79 Å². The molecule has 24 heavy (non-hydrogen) atoms. The van der Waals surface area contributed by atoms with E-state index in [-0.39, 0.29) is 11.4 Å². The number of nitrogens with zero attached hydrogens (tertiary/aromatic N) is 2. The van der Waals surface area contributed by atoms with Gasteiger partial charge < -0.3 is 19.9 Å². The molecule has 1 N–H and O–H groups in total. The first-order chi connectivity index (χ1) is 11.7. The number of hydrogen-bond donors (Lipinski definition) is 1. The van der Waals surface area contributed by atoms with Crippen molar-refractivity contribution in [2.45, 2.75) is 25.2 Å². The van der Waals surface area contributed by atoms with Crippen LogP contribution in [0.15, 0.2) is 30.3 Å². The Hall–Kier alpha value is -1.59. The summed E-state index contributed by atoms with van der Waals surface area (Å²) in [5.74, 6) is 0. The normalized spacial score (nSPS) is 21.5. The van der Waals surface area contributed by atoms with Crippen molar-refractivity contribution in [1.82, 2.24) is 15.1 Å². The Labute approximate surface area is 145 Å². The molecule has 0 atom stereocenters. The highest BCUT2D eigenvalue weighted by molar-refractivity contribution is 5.74. The molecule has 0 aromatic heterocycles. The minimum Gasteiger partial charge on any atom is -0.381 e. The highest BCUT2D eigenvalue weighted by Gasteiger charge is 2.35. The molecule has 1 aromatic carbocycles. The Bertz CT molecular complexity index is 521. The van der Waals surface area contributed by atoms with Crippen molar-refractivity contribution < 1.29 is 9.53 Å². The largest absolute Gasteiger partial charge is 0.381 e. The minimum absolute atomic E-state index is 0.000407. The van der Waals surface area contributed by atoms with E-state index in [0.29, 0.717) is 6.54 Å². The molecule has 1 aromatic rings. The Morgan fingerprint density at radius 3 is 2.42 bits per heavy atom. The topological polar surface area (TPSA) is 44.8 Å². The van der Waals surface area contributed by atoms with Crippen LogP contribution in [0.4, 0.5) is 4.79 Å². The molecule has 3 rings (SSSR count). The second-order valence-electron chi connectivity index (χ2n) is 6.84. The van der Waals surface area contributed by atoms with Crippen LogP contribution in [-0.2, 0) is 10.2 Å². The van der Waals surface area contributed by atoms with Crippen molar-refractivity contribution in [1.29, 1.82) is 0 Å². The summed E-state index contributed by atoms with van der Waals surface area (Å²) in [7, 11) is 0. The lowest BCUT2D eigenvalue weighted by Crippen LogP contribution is -2.54. The molecule has 0 saturated carbocycles. The standard InChI is InChI=1S/C19H29N3O2/c1-2-21-10-12-22(13-11-21)18(23)20-16-19(8-14-24-15-9-19)17-6-4-3-5-7-17/h3-7H,2,8-16H2,1H3,(H,20,23). The van der Waals surface area contributed by atoms with Crippen LogP contribution in [0.1, 0.15) is 25.3 Å². The average molecular weight is 331 g/mol. The summed E-state index contributed by atoms with van der Waals surface area (Å²) in [6.45, 7) is 9.04. The molecule has 132 valence electrons. The number of likely N-dealkylation sites (N-methyl/N-ethyl adjacent to an activating group) is 1. The molecule has 2 fully saturated rings. The first-order valence-corrected chi connectivity index (χ1v) is 9.12. The van der Waals surface area contributed by atoms with Crippen LogP contribution in [0.2, 0.25) is 0 Å². The number of benzene rings is 1.